The van der Waals surface area contributed by atoms with Gasteiger partial charge < -0.3 is 34.0 Å². The Balaban J connectivity index is 1.25. The van der Waals surface area contributed by atoms with Crippen LogP contribution in [0.3, 0.4) is 0 Å². The van der Waals surface area contributed by atoms with Crippen LogP contribution in [0.1, 0.15) is 25.7 Å². The molecule has 216 valence electrons. The van der Waals surface area contributed by atoms with E-state index < -0.39 is 7.14 Å². The summed E-state index contributed by atoms with van der Waals surface area (Å²) in [5.41, 5.74) is 4.49. The highest BCUT2D eigenvalue weighted by atomic mass is 31.2. The van der Waals surface area contributed by atoms with E-state index in [4.69, 9.17) is 14.2 Å². The third-order valence-corrected chi connectivity index (χ3v) is 9.47. The Labute approximate surface area is 241 Å². The van der Waals surface area contributed by atoms with Gasteiger partial charge in [-0.1, -0.05) is 6.07 Å². The van der Waals surface area contributed by atoms with Gasteiger partial charge in [0.15, 0.2) is 0 Å². The highest BCUT2D eigenvalue weighted by Crippen LogP contribution is 2.43. The zero-order valence-corrected chi connectivity index (χ0v) is 25.0. The van der Waals surface area contributed by atoms with E-state index in [1.807, 2.05) is 36.4 Å². The van der Waals surface area contributed by atoms with Crippen molar-refractivity contribution < 1.29 is 18.8 Å². The van der Waals surface area contributed by atoms with Crippen LogP contribution in [0.4, 0.5) is 11.4 Å². The van der Waals surface area contributed by atoms with Gasteiger partial charge in [-0.2, -0.15) is 0 Å². The van der Waals surface area contributed by atoms with Gasteiger partial charge in [0.05, 0.1) is 29.9 Å². The number of aromatic nitrogens is 2. The van der Waals surface area contributed by atoms with Crippen LogP contribution < -0.4 is 20.1 Å². The van der Waals surface area contributed by atoms with E-state index in [9.17, 15) is 4.57 Å². The lowest BCUT2D eigenvalue weighted by Gasteiger charge is -2.29. The van der Waals surface area contributed by atoms with Crippen molar-refractivity contribution in [1.82, 2.24) is 14.9 Å². The summed E-state index contributed by atoms with van der Waals surface area (Å²) in [6, 6.07) is 18.2. The number of nitrogens with one attached hydrogen (secondary N) is 2. The van der Waals surface area contributed by atoms with E-state index in [1.54, 1.807) is 19.5 Å². The molecule has 2 aromatic carbocycles. The maximum absolute atomic E-state index is 13.5. The van der Waals surface area contributed by atoms with Crippen molar-refractivity contribution in [2.45, 2.75) is 37.9 Å². The molecule has 2 N–H and O–H groups in total. The maximum Gasteiger partial charge on any atom is 0.139 e. The molecular weight excluding hydrogens is 535 g/mol. The molecule has 2 aliphatic rings. The second-order valence-corrected chi connectivity index (χ2v) is 14.7. The van der Waals surface area contributed by atoms with Crippen molar-refractivity contribution >= 4 is 34.9 Å². The first-order valence-corrected chi connectivity index (χ1v) is 17.1. The van der Waals surface area contributed by atoms with Crippen LogP contribution in [-0.4, -0.2) is 73.8 Å². The van der Waals surface area contributed by atoms with Crippen LogP contribution in [0, 0.1) is 0 Å². The molecule has 0 saturated carbocycles. The summed E-state index contributed by atoms with van der Waals surface area (Å²) in [5, 5.41) is 5.25. The van der Waals surface area contributed by atoms with E-state index in [-0.39, 0.29) is 12.2 Å². The molecule has 0 unspecified atom stereocenters. The van der Waals surface area contributed by atoms with Gasteiger partial charge in [-0.15, -0.1) is 0 Å². The Kier molecular flexibility index (Phi) is 8.07. The summed E-state index contributed by atoms with van der Waals surface area (Å²) in [6.45, 7) is 7.11. The van der Waals surface area contributed by atoms with Gasteiger partial charge in [-0.05, 0) is 87.3 Å². The van der Waals surface area contributed by atoms with E-state index in [1.165, 1.54) is 0 Å². The molecule has 0 bridgehead atoms. The molecule has 2 aromatic heterocycles. The molecule has 0 aliphatic carbocycles. The van der Waals surface area contributed by atoms with Crippen LogP contribution in [-0.2, 0) is 9.30 Å². The first-order valence-electron chi connectivity index (χ1n) is 14.5. The van der Waals surface area contributed by atoms with Crippen molar-refractivity contribution in [2.24, 2.45) is 0 Å². The van der Waals surface area contributed by atoms with E-state index in [2.05, 4.69) is 45.4 Å². The molecule has 9 heteroatoms. The van der Waals surface area contributed by atoms with E-state index >= 15 is 0 Å². The number of anilines is 2. The number of hydrogen-bond acceptors (Lipinski definition) is 7. The second kappa shape index (κ2) is 11.9. The van der Waals surface area contributed by atoms with E-state index in [0.717, 1.165) is 83.5 Å². The molecule has 0 spiro atoms. The number of aromatic amines is 1. The van der Waals surface area contributed by atoms with Gasteiger partial charge in [0, 0.05) is 43.2 Å². The number of H-pyrrole nitrogens is 1. The molecule has 2 aliphatic heterocycles. The highest BCUT2D eigenvalue weighted by Gasteiger charge is 2.25. The van der Waals surface area contributed by atoms with Gasteiger partial charge >= 0.3 is 0 Å². The summed E-state index contributed by atoms with van der Waals surface area (Å²) in [6.07, 6.45) is 5.89. The number of rotatable bonds is 8. The standard InChI is InChI=1S/C32H39N4O4P/c1-36-17-12-24(13-18-36)39-23-9-7-22(8-10-23)29-21-26-27(11-16-33-32(26)35-29)34-28-5-4-6-30(31(28)41(2,3)37)40-25-14-19-38-20-15-25/h4-11,16,21,24-25H,12-15,17-20H2,1-3H3,(H2,33,34,35). The van der Waals surface area contributed by atoms with Crippen molar-refractivity contribution in [3.63, 3.8) is 0 Å². The maximum atomic E-state index is 13.5. The topological polar surface area (TPSA) is 88.7 Å². The lowest BCUT2D eigenvalue weighted by Crippen LogP contribution is -2.35. The monoisotopic (exact) mass is 574 g/mol. The molecule has 0 atom stereocenters. The lowest BCUT2D eigenvalue weighted by atomic mass is 10.1. The van der Waals surface area contributed by atoms with Crippen molar-refractivity contribution in [1.29, 1.82) is 0 Å². The van der Waals surface area contributed by atoms with Crippen LogP contribution in [0.15, 0.2) is 60.8 Å². The molecule has 0 radical (unpaired) electrons. The molecule has 4 aromatic rings. The largest absolute Gasteiger partial charge is 0.490 e. The number of fused-ring (bicyclic) bond motifs is 1. The SMILES string of the molecule is CN1CCC(Oc2ccc(-c3cc4c(Nc5cccc(OC6CCOCC6)c5P(C)(C)=O)ccnc4[nH]3)cc2)CC1. The summed E-state index contributed by atoms with van der Waals surface area (Å²) < 4.78 is 31.6. The van der Waals surface area contributed by atoms with Crippen LogP contribution in [0.25, 0.3) is 22.3 Å². The Morgan fingerprint density at radius 1 is 0.951 bits per heavy atom. The Morgan fingerprint density at radius 3 is 2.41 bits per heavy atom. The first-order chi connectivity index (χ1) is 19.8. The molecule has 6 rings (SSSR count). The predicted octanol–water partition coefficient (Wildman–Crippen LogP) is 6.25. The van der Waals surface area contributed by atoms with E-state index in [0.29, 0.717) is 19.0 Å². The smallest absolute Gasteiger partial charge is 0.139 e. The zero-order valence-electron chi connectivity index (χ0n) is 24.1. The summed E-state index contributed by atoms with van der Waals surface area (Å²) in [4.78, 5) is 10.4. The van der Waals surface area contributed by atoms with Gasteiger partial charge in [0.1, 0.15) is 36.5 Å². The third-order valence-electron chi connectivity index (χ3n) is 7.93. The number of ether oxygens (including phenoxy) is 3. The number of pyridine rings is 1. The van der Waals surface area contributed by atoms with Crippen molar-refractivity contribution in [2.75, 3.05) is 52.0 Å². The average molecular weight is 575 g/mol. The number of likely N-dealkylation sites (tertiary alicyclic amines) is 1. The fourth-order valence-corrected chi connectivity index (χ4v) is 7.06. The van der Waals surface area contributed by atoms with Gasteiger partial charge in [0.2, 0.25) is 0 Å². The van der Waals surface area contributed by atoms with Gasteiger partial charge in [0.25, 0.3) is 0 Å². The second-order valence-electron chi connectivity index (χ2n) is 11.5. The molecule has 2 fully saturated rings. The molecule has 4 heterocycles. The lowest BCUT2D eigenvalue weighted by molar-refractivity contribution is 0.0260. The Hall–Kier alpha value is -3.32. The minimum absolute atomic E-state index is 0.0605. The fraction of sp³-hybridized carbons (Fsp3) is 0.406. The molecule has 41 heavy (non-hydrogen) atoms. The summed E-state index contributed by atoms with van der Waals surface area (Å²) >= 11 is 0. The summed E-state index contributed by atoms with van der Waals surface area (Å²) in [5.74, 6) is 1.58. The predicted molar refractivity (Wildman–Crippen MR) is 166 cm³/mol. The number of benzene rings is 2. The average Bonchev–Trinajstić information content (AvgIpc) is 3.40. The molecule has 0 amide bonds. The number of hydrogen-bond donors (Lipinski definition) is 2. The first kappa shape index (κ1) is 27.8. The normalized spacial score (nSPS) is 17.5. The van der Waals surface area contributed by atoms with Gasteiger partial charge in [-0.3, -0.25) is 0 Å². The third kappa shape index (κ3) is 6.45. The Bertz CT molecular complexity index is 1530. The number of piperidine rings is 1. The Morgan fingerprint density at radius 2 is 1.68 bits per heavy atom. The minimum Gasteiger partial charge on any atom is -0.490 e. The zero-order chi connectivity index (χ0) is 28.4. The van der Waals surface area contributed by atoms with Crippen LogP contribution >= 0.6 is 7.14 Å². The molecule has 8 nitrogen and oxygen atoms in total. The molecule has 2 saturated heterocycles. The van der Waals surface area contributed by atoms with Crippen LogP contribution in [0.5, 0.6) is 11.5 Å². The fourth-order valence-electron chi connectivity index (χ4n) is 5.69. The van der Waals surface area contributed by atoms with Crippen molar-refractivity contribution in [3.05, 3.63) is 60.8 Å². The van der Waals surface area contributed by atoms with Crippen LogP contribution in [0.2, 0.25) is 0 Å². The minimum atomic E-state index is -2.68. The summed E-state index contributed by atoms with van der Waals surface area (Å²) in [7, 11) is -0.520. The highest BCUT2D eigenvalue weighted by molar-refractivity contribution is 7.70. The van der Waals surface area contributed by atoms with Gasteiger partial charge in [-0.25, -0.2) is 4.98 Å². The van der Waals surface area contributed by atoms with Crippen molar-refractivity contribution in [3.8, 4) is 22.8 Å². The number of nitrogens with zero attached hydrogens (tertiary/aromatic N) is 2. The quantitative estimate of drug-likeness (QED) is 0.241. The molecular formula is C32H39N4O4P.